The van der Waals surface area contributed by atoms with Gasteiger partial charge in [0.15, 0.2) is 11.6 Å². The summed E-state index contributed by atoms with van der Waals surface area (Å²) in [5, 5.41) is 4.31. The average Bonchev–Trinajstić information content (AvgIpc) is 2.84. The molecular weight excluding hydrogens is 211 g/mol. The van der Waals surface area contributed by atoms with Gasteiger partial charge in [-0.05, 0) is 12.1 Å². The second-order valence-corrected chi connectivity index (χ2v) is 3.41. The number of aromatic nitrogens is 1. The minimum Gasteiger partial charge on any atom is -0.464 e. The summed E-state index contributed by atoms with van der Waals surface area (Å²) in [6.45, 7) is 0. The second-order valence-electron chi connectivity index (χ2n) is 3.41. The SMILES string of the molecule is Nc1cc(-c2cc3ccoc3cc2F)on1. The molecule has 5 heteroatoms. The third kappa shape index (κ3) is 1.25. The van der Waals surface area contributed by atoms with E-state index in [1.54, 1.807) is 12.1 Å². The number of hydrogen-bond acceptors (Lipinski definition) is 4. The number of nitrogen functional groups attached to an aromatic ring is 1. The number of furan rings is 1. The highest BCUT2D eigenvalue weighted by atomic mass is 19.1. The normalized spacial score (nSPS) is 11.1. The van der Waals surface area contributed by atoms with Crippen molar-refractivity contribution >= 4 is 16.8 Å². The Morgan fingerprint density at radius 1 is 1.25 bits per heavy atom. The van der Waals surface area contributed by atoms with Crippen LogP contribution in [0, 0.1) is 5.82 Å². The Hall–Kier alpha value is -2.30. The van der Waals surface area contributed by atoms with Crippen LogP contribution >= 0.6 is 0 Å². The van der Waals surface area contributed by atoms with Crippen molar-refractivity contribution in [1.82, 2.24) is 5.16 Å². The molecule has 0 amide bonds. The van der Waals surface area contributed by atoms with Crippen molar-refractivity contribution in [3.05, 3.63) is 36.3 Å². The van der Waals surface area contributed by atoms with E-state index < -0.39 is 5.82 Å². The van der Waals surface area contributed by atoms with Gasteiger partial charge in [-0.25, -0.2) is 4.39 Å². The molecule has 0 atom stereocenters. The van der Waals surface area contributed by atoms with Gasteiger partial charge in [-0.15, -0.1) is 0 Å². The largest absolute Gasteiger partial charge is 0.464 e. The van der Waals surface area contributed by atoms with Gasteiger partial charge in [-0.1, -0.05) is 5.16 Å². The summed E-state index contributed by atoms with van der Waals surface area (Å²) in [6.07, 6.45) is 1.50. The van der Waals surface area contributed by atoms with Crippen LogP contribution in [0.3, 0.4) is 0 Å². The third-order valence-electron chi connectivity index (χ3n) is 2.34. The summed E-state index contributed by atoms with van der Waals surface area (Å²) >= 11 is 0. The Morgan fingerprint density at radius 3 is 2.88 bits per heavy atom. The van der Waals surface area contributed by atoms with E-state index in [2.05, 4.69) is 5.16 Å². The number of halogens is 1. The maximum Gasteiger partial charge on any atom is 0.172 e. The van der Waals surface area contributed by atoms with E-state index in [9.17, 15) is 4.39 Å². The molecule has 0 fully saturated rings. The van der Waals surface area contributed by atoms with Gasteiger partial charge in [0.2, 0.25) is 0 Å². The van der Waals surface area contributed by atoms with Crippen molar-refractivity contribution in [3.63, 3.8) is 0 Å². The summed E-state index contributed by atoms with van der Waals surface area (Å²) in [5.41, 5.74) is 6.22. The third-order valence-corrected chi connectivity index (χ3v) is 2.34. The van der Waals surface area contributed by atoms with Crippen LogP contribution in [0.25, 0.3) is 22.3 Å². The van der Waals surface area contributed by atoms with Crippen molar-refractivity contribution in [3.8, 4) is 11.3 Å². The van der Waals surface area contributed by atoms with Crippen molar-refractivity contribution in [1.29, 1.82) is 0 Å². The number of anilines is 1. The molecule has 0 bridgehead atoms. The number of fused-ring (bicyclic) bond motifs is 1. The Labute approximate surface area is 89.4 Å². The minimum absolute atomic E-state index is 0.224. The second kappa shape index (κ2) is 3.10. The van der Waals surface area contributed by atoms with E-state index in [1.165, 1.54) is 18.4 Å². The van der Waals surface area contributed by atoms with Gasteiger partial charge < -0.3 is 14.7 Å². The van der Waals surface area contributed by atoms with E-state index in [0.29, 0.717) is 16.9 Å². The summed E-state index contributed by atoms with van der Waals surface area (Å²) in [4.78, 5) is 0. The predicted molar refractivity (Wildman–Crippen MR) is 56.1 cm³/mol. The number of hydrogen-bond donors (Lipinski definition) is 1. The van der Waals surface area contributed by atoms with Crippen LogP contribution in [0.5, 0.6) is 0 Å². The van der Waals surface area contributed by atoms with Crippen molar-refractivity contribution in [2.75, 3.05) is 5.73 Å². The molecule has 2 aromatic heterocycles. The van der Waals surface area contributed by atoms with Gasteiger partial charge in [0.05, 0.1) is 11.8 Å². The number of nitrogens with zero attached hydrogens (tertiary/aromatic N) is 1. The van der Waals surface area contributed by atoms with E-state index in [-0.39, 0.29) is 5.82 Å². The highest BCUT2D eigenvalue weighted by Crippen LogP contribution is 2.29. The van der Waals surface area contributed by atoms with Gasteiger partial charge in [0.1, 0.15) is 11.4 Å². The summed E-state index contributed by atoms with van der Waals surface area (Å²) in [6, 6.07) is 6.17. The van der Waals surface area contributed by atoms with Crippen molar-refractivity contribution in [2.45, 2.75) is 0 Å². The molecule has 4 nitrogen and oxygen atoms in total. The fourth-order valence-electron chi connectivity index (χ4n) is 1.59. The monoisotopic (exact) mass is 218 g/mol. The van der Waals surface area contributed by atoms with Gasteiger partial charge in [0, 0.05) is 17.5 Å². The number of benzene rings is 1. The Morgan fingerprint density at radius 2 is 2.12 bits per heavy atom. The lowest BCUT2D eigenvalue weighted by molar-refractivity contribution is 0.433. The maximum atomic E-state index is 13.7. The predicted octanol–water partition coefficient (Wildman–Crippen LogP) is 2.81. The molecule has 0 aliphatic rings. The molecule has 3 aromatic rings. The Balaban J connectivity index is 2.26. The molecule has 0 radical (unpaired) electrons. The molecule has 2 N–H and O–H groups in total. The summed E-state index contributed by atoms with van der Waals surface area (Å²) in [7, 11) is 0. The topological polar surface area (TPSA) is 65.2 Å². The van der Waals surface area contributed by atoms with Gasteiger partial charge in [0.25, 0.3) is 0 Å². The van der Waals surface area contributed by atoms with E-state index in [4.69, 9.17) is 14.7 Å². The summed E-state index contributed by atoms with van der Waals surface area (Å²) in [5.74, 6) is 0.0957. The van der Waals surface area contributed by atoms with Crippen LogP contribution in [-0.4, -0.2) is 5.16 Å². The standard InChI is InChI=1S/C11H7FN2O2/c12-8-4-9-6(1-2-15-9)3-7(8)10-5-11(13)14-16-10/h1-5H,(H2,13,14). The fraction of sp³-hybridized carbons (Fsp3) is 0. The van der Waals surface area contributed by atoms with E-state index in [1.807, 2.05) is 0 Å². The Bertz CT molecular complexity index is 657. The minimum atomic E-state index is -0.432. The maximum absolute atomic E-state index is 13.7. The first kappa shape index (κ1) is 8.96. The highest BCUT2D eigenvalue weighted by molar-refractivity contribution is 5.83. The lowest BCUT2D eigenvalue weighted by atomic mass is 10.1. The van der Waals surface area contributed by atoms with E-state index in [0.717, 1.165) is 5.39 Å². The molecule has 0 saturated carbocycles. The molecule has 0 spiro atoms. The molecule has 0 aliphatic carbocycles. The summed E-state index contributed by atoms with van der Waals surface area (Å²) < 4.78 is 23.7. The molecule has 1 aromatic carbocycles. The number of rotatable bonds is 1. The zero-order valence-corrected chi connectivity index (χ0v) is 8.11. The molecule has 3 rings (SSSR count). The quantitative estimate of drug-likeness (QED) is 0.682. The molecule has 0 saturated heterocycles. The molecule has 80 valence electrons. The average molecular weight is 218 g/mol. The first-order valence-corrected chi connectivity index (χ1v) is 4.63. The zero-order chi connectivity index (χ0) is 11.1. The first-order valence-electron chi connectivity index (χ1n) is 4.63. The van der Waals surface area contributed by atoms with E-state index >= 15 is 0 Å². The lowest BCUT2D eigenvalue weighted by Gasteiger charge is -1.97. The van der Waals surface area contributed by atoms with Crippen LogP contribution in [0.4, 0.5) is 10.2 Å². The molecular formula is C11H7FN2O2. The van der Waals surface area contributed by atoms with Crippen molar-refractivity contribution < 1.29 is 13.3 Å². The highest BCUT2D eigenvalue weighted by Gasteiger charge is 2.12. The molecule has 2 heterocycles. The zero-order valence-electron chi connectivity index (χ0n) is 8.11. The van der Waals surface area contributed by atoms with Crippen LogP contribution in [0.1, 0.15) is 0 Å². The molecule has 16 heavy (non-hydrogen) atoms. The molecule has 0 unspecified atom stereocenters. The van der Waals surface area contributed by atoms with Gasteiger partial charge in [-0.2, -0.15) is 0 Å². The van der Waals surface area contributed by atoms with Gasteiger partial charge >= 0.3 is 0 Å². The lowest BCUT2D eigenvalue weighted by Crippen LogP contribution is -1.82. The van der Waals surface area contributed by atoms with Crippen LogP contribution < -0.4 is 5.73 Å². The van der Waals surface area contributed by atoms with Crippen LogP contribution in [0.15, 0.2) is 39.5 Å². The van der Waals surface area contributed by atoms with Crippen LogP contribution in [-0.2, 0) is 0 Å². The van der Waals surface area contributed by atoms with Gasteiger partial charge in [-0.3, -0.25) is 0 Å². The van der Waals surface area contributed by atoms with Crippen LogP contribution in [0.2, 0.25) is 0 Å². The smallest absolute Gasteiger partial charge is 0.172 e. The first-order chi connectivity index (χ1) is 7.74. The molecule has 0 aliphatic heterocycles. The van der Waals surface area contributed by atoms with Crippen molar-refractivity contribution in [2.24, 2.45) is 0 Å². The number of nitrogens with two attached hydrogens (primary N) is 1. The Kier molecular flexibility index (Phi) is 1.73. The fourth-order valence-corrected chi connectivity index (χ4v) is 1.59.